The van der Waals surface area contributed by atoms with Gasteiger partial charge in [-0.15, -0.1) is 0 Å². The van der Waals surface area contributed by atoms with E-state index in [1.54, 1.807) is 0 Å². The van der Waals surface area contributed by atoms with Crippen molar-refractivity contribution >= 4 is 27.7 Å². The molecule has 12 heteroatoms. The average molecular weight is 465 g/mol. The lowest BCUT2D eigenvalue weighted by Crippen LogP contribution is -2.31. The van der Waals surface area contributed by atoms with Gasteiger partial charge in [0.1, 0.15) is 5.69 Å². The first-order chi connectivity index (χ1) is 15.3. The molecule has 0 aliphatic rings. The molecule has 172 valence electrons. The maximum atomic E-state index is 12.6. The van der Waals surface area contributed by atoms with Crippen LogP contribution in [0.15, 0.2) is 47.5 Å². The molecule has 0 atom stereocenters. The molecular formula is C20H24N4O7S. The molecule has 11 nitrogen and oxygen atoms in total. The van der Waals surface area contributed by atoms with Crippen molar-refractivity contribution in [3.05, 3.63) is 59.4 Å². The summed E-state index contributed by atoms with van der Waals surface area (Å²) in [6.45, 7) is 1.19. The lowest BCUT2D eigenvalue weighted by molar-refractivity contribution is 0.0925. The normalized spacial score (nSPS) is 10.9. The van der Waals surface area contributed by atoms with E-state index in [9.17, 15) is 22.8 Å². The smallest absolute Gasteiger partial charge is 0.269 e. The molecule has 3 N–H and O–H groups in total. The number of carbonyl (C=O) groups is 3. The standard InChI is InChI=1S/C20H24N4O7S/c1-30-10-8-21-18(25)14-4-3-5-16(12-14)32(28,29)24-19(26)15-6-7-17(23-13-15)20(27)22-9-11-31-2/h3-7,12-13H,8-11H2,1-2H3,(H,21,25)(H,22,27)(H,24,26). The van der Waals surface area contributed by atoms with Gasteiger partial charge in [-0.2, -0.15) is 0 Å². The molecule has 0 radical (unpaired) electrons. The minimum Gasteiger partial charge on any atom is -0.383 e. The highest BCUT2D eigenvalue weighted by atomic mass is 32.2. The summed E-state index contributed by atoms with van der Waals surface area (Å²) in [5.74, 6) is -1.87. The van der Waals surface area contributed by atoms with Gasteiger partial charge < -0.3 is 20.1 Å². The Bertz CT molecular complexity index is 1060. The number of sulfonamides is 1. The van der Waals surface area contributed by atoms with Crippen molar-refractivity contribution in [2.24, 2.45) is 0 Å². The molecule has 1 aromatic carbocycles. The number of hydrogen-bond acceptors (Lipinski definition) is 8. The third-order valence-corrected chi connectivity index (χ3v) is 5.40. The van der Waals surface area contributed by atoms with Crippen molar-refractivity contribution in [2.45, 2.75) is 4.90 Å². The Kier molecular flexibility index (Phi) is 9.25. The molecule has 0 aliphatic heterocycles. The fourth-order valence-corrected chi connectivity index (χ4v) is 3.45. The SMILES string of the molecule is COCCNC(=O)c1cccc(S(=O)(=O)NC(=O)c2ccc(C(=O)NCCOC)nc2)c1. The number of pyridine rings is 1. The second-order valence-corrected chi connectivity index (χ2v) is 8.07. The van der Waals surface area contributed by atoms with Gasteiger partial charge in [0.05, 0.1) is 23.7 Å². The Morgan fingerprint density at radius 3 is 2.12 bits per heavy atom. The third kappa shape index (κ3) is 7.11. The molecule has 32 heavy (non-hydrogen) atoms. The van der Waals surface area contributed by atoms with Gasteiger partial charge in [0, 0.05) is 39.1 Å². The average Bonchev–Trinajstić information content (AvgIpc) is 2.79. The second kappa shape index (κ2) is 11.9. The van der Waals surface area contributed by atoms with Gasteiger partial charge in [-0.3, -0.25) is 19.4 Å². The first-order valence-corrected chi connectivity index (χ1v) is 10.9. The van der Waals surface area contributed by atoms with Crippen LogP contribution in [0.4, 0.5) is 0 Å². The van der Waals surface area contributed by atoms with E-state index in [2.05, 4.69) is 15.6 Å². The van der Waals surface area contributed by atoms with Crippen molar-refractivity contribution in [1.29, 1.82) is 0 Å². The predicted octanol–water partition coefficient (Wildman–Crippen LogP) is -0.0473. The van der Waals surface area contributed by atoms with Crippen LogP contribution in [0.1, 0.15) is 31.2 Å². The fraction of sp³-hybridized carbons (Fsp3) is 0.300. The molecule has 2 rings (SSSR count). The Morgan fingerprint density at radius 2 is 1.53 bits per heavy atom. The molecule has 0 saturated heterocycles. The summed E-state index contributed by atoms with van der Waals surface area (Å²) in [6.07, 6.45) is 1.09. The summed E-state index contributed by atoms with van der Waals surface area (Å²) >= 11 is 0. The number of nitrogens with zero attached hydrogens (tertiary/aromatic N) is 1. The van der Waals surface area contributed by atoms with Crippen molar-refractivity contribution in [3.63, 3.8) is 0 Å². The van der Waals surface area contributed by atoms with Crippen molar-refractivity contribution in [1.82, 2.24) is 20.3 Å². The topological polar surface area (TPSA) is 153 Å². The van der Waals surface area contributed by atoms with Gasteiger partial charge in [-0.05, 0) is 30.3 Å². The molecule has 2 aromatic rings. The number of ether oxygens (including phenoxy) is 2. The van der Waals surface area contributed by atoms with E-state index in [-0.39, 0.29) is 28.3 Å². The largest absolute Gasteiger partial charge is 0.383 e. The number of methoxy groups -OCH3 is 2. The Morgan fingerprint density at radius 1 is 0.875 bits per heavy atom. The lowest BCUT2D eigenvalue weighted by atomic mass is 10.2. The highest BCUT2D eigenvalue weighted by molar-refractivity contribution is 7.90. The van der Waals surface area contributed by atoms with Crippen molar-refractivity contribution in [3.8, 4) is 0 Å². The van der Waals surface area contributed by atoms with Crippen molar-refractivity contribution in [2.75, 3.05) is 40.5 Å². The monoisotopic (exact) mass is 464 g/mol. The van der Waals surface area contributed by atoms with E-state index >= 15 is 0 Å². The molecule has 0 spiro atoms. The molecule has 0 aliphatic carbocycles. The Balaban J connectivity index is 2.07. The molecule has 1 heterocycles. The fourth-order valence-electron chi connectivity index (χ4n) is 2.43. The van der Waals surface area contributed by atoms with Crippen LogP contribution in [0, 0.1) is 0 Å². The molecule has 0 bridgehead atoms. The zero-order chi connectivity index (χ0) is 23.6. The van der Waals surface area contributed by atoms with Gasteiger partial charge in [-0.1, -0.05) is 6.07 Å². The molecule has 1 aromatic heterocycles. The summed E-state index contributed by atoms with van der Waals surface area (Å²) in [6, 6.07) is 7.83. The van der Waals surface area contributed by atoms with E-state index < -0.39 is 27.7 Å². The summed E-state index contributed by atoms with van der Waals surface area (Å²) in [7, 11) is -1.27. The number of carbonyl (C=O) groups excluding carboxylic acids is 3. The van der Waals surface area contributed by atoms with E-state index in [1.165, 1.54) is 44.6 Å². The van der Waals surface area contributed by atoms with E-state index in [0.29, 0.717) is 19.8 Å². The second-order valence-electron chi connectivity index (χ2n) is 6.39. The summed E-state index contributed by atoms with van der Waals surface area (Å²) < 4.78 is 36.8. The number of amides is 3. The summed E-state index contributed by atoms with van der Waals surface area (Å²) in [5.41, 5.74) is 0.116. The lowest BCUT2D eigenvalue weighted by Gasteiger charge is -2.09. The van der Waals surface area contributed by atoms with Crippen LogP contribution in [0.2, 0.25) is 0 Å². The minimum absolute atomic E-state index is 0.0597. The first kappa shape index (κ1) is 24.9. The first-order valence-electron chi connectivity index (χ1n) is 9.46. The van der Waals surface area contributed by atoms with Crippen LogP contribution in [-0.4, -0.2) is 71.6 Å². The minimum atomic E-state index is -4.26. The number of hydrogen-bond donors (Lipinski definition) is 3. The van der Waals surface area contributed by atoms with Crippen LogP contribution in [0.25, 0.3) is 0 Å². The van der Waals surface area contributed by atoms with Gasteiger partial charge in [0.15, 0.2) is 0 Å². The Hall–Kier alpha value is -3.35. The number of rotatable bonds is 11. The zero-order valence-corrected chi connectivity index (χ0v) is 18.4. The molecular weight excluding hydrogens is 440 g/mol. The molecule has 0 saturated carbocycles. The van der Waals surface area contributed by atoms with Gasteiger partial charge in [0.25, 0.3) is 27.7 Å². The number of nitrogens with one attached hydrogen (secondary N) is 3. The van der Waals surface area contributed by atoms with Gasteiger partial charge in [0.2, 0.25) is 0 Å². The van der Waals surface area contributed by atoms with E-state index in [0.717, 1.165) is 12.3 Å². The molecule has 0 unspecified atom stereocenters. The van der Waals surface area contributed by atoms with Gasteiger partial charge >= 0.3 is 0 Å². The van der Waals surface area contributed by atoms with E-state index in [1.807, 2.05) is 4.72 Å². The summed E-state index contributed by atoms with van der Waals surface area (Å²) in [4.78, 5) is 40.0. The van der Waals surface area contributed by atoms with Gasteiger partial charge in [-0.25, -0.2) is 13.1 Å². The van der Waals surface area contributed by atoms with Crippen LogP contribution >= 0.6 is 0 Å². The van der Waals surface area contributed by atoms with Crippen molar-refractivity contribution < 1.29 is 32.3 Å². The molecule has 0 fully saturated rings. The van der Waals surface area contributed by atoms with E-state index in [4.69, 9.17) is 9.47 Å². The highest BCUT2D eigenvalue weighted by Gasteiger charge is 2.21. The van der Waals surface area contributed by atoms with Crippen LogP contribution in [0.5, 0.6) is 0 Å². The quantitative estimate of drug-likeness (QED) is 0.392. The Labute approximate surface area is 185 Å². The zero-order valence-electron chi connectivity index (χ0n) is 17.6. The number of benzene rings is 1. The van der Waals surface area contributed by atoms with Crippen LogP contribution in [-0.2, 0) is 19.5 Å². The summed E-state index contributed by atoms with van der Waals surface area (Å²) in [5, 5.41) is 5.16. The maximum Gasteiger partial charge on any atom is 0.269 e. The maximum absolute atomic E-state index is 12.6. The van der Waals surface area contributed by atoms with Crippen LogP contribution < -0.4 is 15.4 Å². The van der Waals surface area contributed by atoms with Crippen LogP contribution in [0.3, 0.4) is 0 Å². The highest BCUT2D eigenvalue weighted by Crippen LogP contribution is 2.12. The number of aromatic nitrogens is 1. The predicted molar refractivity (Wildman–Crippen MR) is 114 cm³/mol. The third-order valence-electron chi connectivity index (χ3n) is 4.08. The molecule has 3 amide bonds.